The van der Waals surface area contributed by atoms with Gasteiger partial charge in [0.1, 0.15) is 16.7 Å². The molecule has 3 aromatic rings. The van der Waals surface area contributed by atoms with Crippen LogP contribution in [0.15, 0.2) is 47.5 Å². The van der Waals surface area contributed by atoms with E-state index in [9.17, 15) is 9.18 Å². The Bertz CT molecular complexity index is 946. The number of fused-ring (bicyclic) bond motifs is 1. The summed E-state index contributed by atoms with van der Waals surface area (Å²) < 4.78 is 13.9. The number of aryl methyl sites for hydroxylation is 1. The summed E-state index contributed by atoms with van der Waals surface area (Å²) in [6, 6.07) is 12.2. The Hall–Kier alpha value is -2.18. The molecular weight excluding hydrogens is 373 g/mol. The third-order valence-electron chi connectivity index (χ3n) is 3.90. The zero-order valence-electron chi connectivity index (χ0n) is 14.4. The van der Waals surface area contributed by atoms with E-state index in [1.54, 1.807) is 19.2 Å². The number of rotatable bonds is 5. The Morgan fingerprint density at radius 1 is 1.19 bits per heavy atom. The molecule has 0 saturated carbocycles. The smallest absolute Gasteiger partial charge is 0.233 e. The molecule has 1 heterocycles. The SMILES string of the molecule is Cc1nc(SCC(=O)N(C)Cc2c(F)cccc2Cl)c2ccccc2n1. The summed E-state index contributed by atoms with van der Waals surface area (Å²) in [7, 11) is 1.63. The number of para-hydroxylation sites is 1. The average molecular weight is 390 g/mol. The molecule has 1 aromatic heterocycles. The van der Waals surface area contributed by atoms with Gasteiger partial charge in [-0.1, -0.05) is 47.6 Å². The van der Waals surface area contributed by atoms with Gasteiger partial charge in [0.25, 0.3) is 0 Å². The van der Waals surface area contributed by atoms with E-state index in [1.165, 1.54) is 22.7 Å². The first-order chi connectivity index (χ1) is 12.5. The molecule has 0 N–H and O–H groups in total. The molecule has 0 saturated heterocycles. The van der Waals surface area contributed by atoms with Crippen molar-refractivity contribution in [3.63, 3.8) is 0 Å². The van der Waals surface area contributed by atoms with Gasteiger partial charge >= 0.3 is 0 Å². The number of aromatic nitrogens is 2. The van der Waals surface area contributed by atoms with E-state index < -0.39 is 5.82 Å². The van der Waals surface area contributed by atoms with Crippen LogP contribution >= 0.6 is 23.4 Å². The fourth-order valence-corrected chi connectivity index (χ4v) is 3.75. The molecular formula is C19H17ClFN3OS. The summed E-state index contributed by atoms with van der Waals surface area (Å²) in [5.74, 6) is 0.310. The Morgan fingerprint density at radius 2 is 1.96 bits per heavy atom. The molecule has 0 aliphatic carbocycles. The van der Waals surface area contributed by atoms with Crippen molar-refractivity contribution in [2.24, 2.45) is 0 Å². The van der Waals surface area contributed by atoms with E-state index in [4.69, 9.17) is 11.6 Å². The Balaban J connectivity index is 1.71. The lowest BCUT2D eigenvalue weighted by Gasteiger charge is -2.18. The molecule has 0 unspecified atom stereocenters. The molecule has 26 heavy (non-hydrogen) atoms. The normalized spacial score (nSPS) is 10.9. The molecule has 3 rings (SSSR count). The molecule has 134 valence electrons. The van der Waals surface area contributed by atoms with Gasteiger partial charge in [0.05, 0.1) is 11.3 Å². The van der Waals surface area contributed by atoms with Crippen LogP contribution in [0.5, 0.6) is 0 Å². The number of halogens is 2. The number of amides is 1. The van der Waals surface area contributed by atoms with Gasteiger partial charge in [0.15, 0.2) is 0 Å². The number of carbonyl (C=O) groups is 1. The van der Waals surface area contributed by atoms with Crippen molar-refractivity contribution in [1.82, 2.24) is 14.9 Å². The second-order valence-electron chi connectivity index (χ2n) is 5.83. The van der Waals surface area contributed by atoms with E-state index in [2.05, 4.69) is 9.97 Å². The van der Waals surface area contributed by atoms with Crippen molar-refractivity contribution in [3.05, 3.63) is 64.7 Å². The molecule has 7 heteroatoms. The maximum absolute atomic E-state index is 13.9. The van der Waals surface area contributed by atoms with Gasteiger partial charge in [0.2, 0.25) is 5.91 Å². The Kier molecular flexibility index (Phi) is 5.74. The maximum Gasteiger partial charge on any atom is 0.233 e. The van der Waals surface area contributed by atoms with Crippen LogP contribution in [0.4, 0.5) is 4.39 Å². The molecule has 0 spiro atoms. The minimum atomic E-state index is -0.415. The highest BCUT2D eigenvalue weighted by Gasteiger charge is 2.16. The average Bonchev–Trinajstić information content (AvgIpc) is 2.62. The van der Waals surface area contributed by atoms with E-state index in [1.807, 2.05) is 31.2 Å². The molecule has 0 fully saturated rings. The highest BCUT2D eigenvalue weighted by molar-refractivity contribution is 8.00. The first kappa shape index (κ1) is 18.6. The van der Waals surface area contributed by atoms with E-state index in [0.29, 0.717) is 16.4 Å². The highest BCUT2D eigenvalue weighted by atomic mass is 35.5. The van der Waals surface area contributed by atoms with Gasteiger partial charge in [-0.15, -0.1) is 0 Å². The maximum atomic E-state index is 13.9. The van der Waals surface area contributed by atoms with Crippen molar-refractivity contribution in [2.75, 3.05) is 12.8 Å². The third kappa shape index (κ3) is 4.14. The zero-order valence-corrected chi connectivity index (χ0v) is 15.9. The molecule has 0 atom stereocenters. The number of thioether (sulfide) groups is 1. The van der Waals surface area contributed by atoms with Crippen LogP contribution in [0.2, 0.25) is 5.02 Å². The fourth-order valence-electron chi connectivity index (χ4n) is 2.52. The summed E-state index contributed by atoms with van der Waals surface area (Å²) in [6.45, 7) is 1.94. The Labute approximate surface area is 160 Å². The van der Waals surface area contributed by atoms with Gasteiger partial charge in [-0.2, -0.15) is 0 Å². The van der Waals surface area contributed by atoms with Crippen molar-refractivity contribution in [2.45, 2.75) is 18.5 Å². The summed E-state index contributed by atoms with van der Waals surface area (Å²) in [6.07, 6.45) is 0. The first-order valence-electron chi connectivity index (χ1n) is 7.98. The van der Waals surface area contributed by atoms with Crippen LogP contribution in [0.1, 0.15) is 11.4 Å². The van der Waals surface area contributed by atoms with Gasteiger partial charge in [-0.25, -0.2) is 14.4 Å². The number of hydrogen-bond donors (Lipinski definition) is 0. The fraction of sp³-hybridized carbons (Fsp3) is 0.211. The summed E-state index contributed by atoms with van der Waals surface area (Å²) >= 11 is 7.38. The van der Waals surface area contributed by atoms with Crippen molar-refractivity contribution < 1.29 is 9.18 Å². The summed E-state index contributed by atoms with van der Waals surface area (Å²) in [5.41, 5.74) is 1.17. The van der Waals surface area contributed by atoms with Crippen LogP contribution in [0, 0.1) is 12.7 Å². The number of benzene rings is 2. The van der Waals surface area contributed by atoms with E-state index in [0.717, 1.165) is 15.9 Å². The standard InChI is InChI=1S/C19H17ClFN3OS/c1-12-22-17-9-4-3-6-13(17)19(23-12)26-11-18(25)24(2)10-14-15(20)7-5-8-16(14)21/h3-9H,10-11H2,1-2H3. The predicted molar refractivity (Wildman–Crippen MR) is 103 cm³/mol. The second kappa shape index (κ2) is 8.01. The molecule has 0 aliphatic rings. The van der Waals surface area contributed by atoms with Crippen molar-refractivity contribution in [1.29, 1.82) is 0 Å². The minimum absolute atomic E-state index is 0.119. The van der Waals surface area contributed by atoms with Gasteiger partial charge in [-0.05, 0) is 25.1 Å². The third-order valence-corrected chi connectivity index (χ3v) is 5.23. The Morgan fingerprint density at radius 3 is 2.73 bits per heavy atom. The van der Waals surface area contributed by atoms with Gasteiger partial charge in [-0.3, -0.25) is 4.79 Å². The first-order valence-corrected chi connectivity index (χ1v) is 9.35. The predicted octanol–water partition coefficient (Wildman–Crippen LogP) is 4.48. The lowest BCUT2D eigenvalue weighted by molar-refractivity contribution is -0.127. The molecule has 0 radical (unpaired) electrons. The highest BCUT2D eigenvalue weighted by Crippen LogP contribution is 2.26. The molecule has 2 aromatic carbocycles. The van der Waals surface area contributed by atoms with Crippen LogP contribution in [0.3, 0.4) is 0 Å². The van der Waals surface area contributed by atoms with Crippen LogP contribution in [-0.4, -0.2) is 33.6 Å². The summed E-state index contributed by atoms with van der Waals surface area (Å²) in [4.78, 5) is 22.8. The van der Waals surface area contributed by atoms with E-state index in [-0.39, 0.29) is 18.2 Å². The van der Waals surface area contributed by atoms with Gasteiger partial charge < -0.3 is 4.90 Å². The molecule has 4 nitrogen and oxygen atoms in total. The number of nitrogens with zero attached hydrogens (tertiary/aromatic N) is 3. The quantitative estimate of drug-likeness (QED) is 0.476. The zero-order chi connectivity index (χ0) is 18.7. The number of hydrogen-bond acceptors (Lipinski definition) is 4. The summed E-state index contributed by atoms with van der Waals surface area (Å²) in [5, 5.41) is 1.99. The monoisotopic (exact) mass is 389 g/mol. The minimum Gasteiger partial charge on any atom is -0.341 e. The largest absolute Gasteiger partial charge is 0.341 e. The molecule has 0 bridgehead atoms. The lowest BCUT2D eigenvalue weighted by Crippen LogP contribution is -2.28. The van der Waals surface area contributed by atoms with Gasteiger partial charge in [0, 0.05) is 29.6 Å². The van der Waals surface area contributed by atoms with Crippen LogP contribution in [0.25, 0.3) is 10.9 Å². The van der Waals surface area contributed by atoms with Crippen molar-refractivity contribution in [3.8, 4) is 0 Å². The second-order valence-corrected chi connectivity index (χ2v) is 7.20. The topological polar surface area (TPSA) is 46.1 Å². The van der Waals surface area contributed by atoms with Crippen LogP contribution < -0.4 is 0 Å². The van der Waals surface area contributed by atoms with Crippen LogP contribution in [-0.2, 0) is 11.3 Å². The molecule has 1 amide bonds. The molecule has 0 aliphatic heterocycles. The number of carbonyl (C=O) groups excluding carboxylic acids is 1. The van der Waals surface area contributed by atoms with E-state index >= 15 is 0 Å². The lowest BCUT2D eigenvalue weighted by atomic mass is 10.2. The van der Waals surface area contributed by atoms with Crippen molar-refractivity contribution >= 4 is 40.2 Å².